The van der Waals surface area contributed by atoms with Gasteiger partial charge in [-0.05, 0) is 25.5 Å². The first kappa shape index (κ1) is 21.0. The van der Waals surface area contributed by atoms with E-state index in [1.807, 2.05) is 44.2 Å². The fraction of sp³-hybridized carbons (Fsp3) is 0.550. The van der Waals surface area contributed by atoms with Crippen molar-refractivity contribution in [3.8, 4) is 0 Å². The maximum absolute atomic E-state index is 12.6. The van der Waals surface area contributed by atoms with Crippen LogP contribution in [-0.4, -0.2) is 86.5 Å². The number of hydrogen-bond donors (Lipinski definition) is 0. The van der Waals surface area contributed by atoms with Gasteiger partial charge in [0.15, 0.2) is 0 Å². The van der Waals surface area contributed by atoms with Crippen LogP contribution in [0, 0.1) is 0 Å². The zero-order valence-corrected chi connectivity index (χ0v) is 17.3. The molecule has 8 heteroatoms. The van der Waals surface area contributed by atoms with Gasteiger partial charge in [-0.15, -0.1) is 0 Å². The van der Waals surface area contributed by atoms with Gasteiger partial charge in [-0.25, -0.2) is 8.42 Å². The van der Waals surface area contributed by atoms with Crippen molar-refractivity contribution < 1.29 is 17.9 Å². The van der Waals surface area contributed by atoms with Gasteiger partial charge in [0.05, 0.1) is 18.8 Å². The summed E-state index contributed by atoms with van der Waals surface area (Å²) >= 11 is 0. The third-order valence-corrected chi connectivity index (χ3v) is 6.60. The maximum Gasteiger partial charge on any atom is 0.236 e. The molecule has 0 N–H and O–H groups in total. The Kier molecular flexibility index (Phi) is 6.87. The molecular formula is C20H29N3O4S. The minimum Gasteiger partial charge on any atom is -0.373 e. The summed E-state index contributed by atoms with van der Waals surface area (Å²) in [6, 6.07) is 9.34. The highest BCUT2D eigenvalue weighted by Crippen LogP contribution is 2.14. The third kappa shape index (κ3) is 5.64. The molecule has 0 aromatic heterocycles. The van der Waals surface area contributed by atoms with Crippen molar-refractivity contribution >= 4 is 22.0 Å². The zero-order chi connectivity index (χ0) is 20.1. The molecule has 1 amide bonds. The molecule has 2 fully saturated rings. The lowest BCUT2D eigenvalue weighted by atomic mass is 10.2. The molecule has 28 heavy (non-hydrogen) atoms. The van der Waals surface area contributed by atoms with Crippen LogP contribution < -0.4 is 0 Å². The van der Waals surface area contributed by atoms with Crippen LogP contribution in [0.2, 0.25) is 0 Å². The van der Waals surface area contributed by atoms with E-state index in [4.69, 9.17) is 4.74 Å². The van der Waals surface area contributed by atoms with E-state index < -0.39 is 10.0 Å². The number of amides is 1. The Morgan fingerprint density at radius 3 is 2.29 bits per heavy atom. The number of ether oxygens (including phenoxy) is 1. The predicted molar refractivity (Wildman–Crippen MR) is 109 cm³/mol. The van der Waals surface area contributed by atoms with Gasteiger partial charge in [-0.3, -0.25) is 9.69 Å². The Morgan fingerprint density at radius 2 is 1.68 bits per heavy atom. The fourth-order valence-electron chi connectivity index (χ4n) is 3.71. The number of hydrogen-bond acceptors (Lipinski definition) is 5. The quantitative estimate of drug-likeness (QED) is 0.735. The highest BCUT2D eigenvalue weighted by molar-refractivity contribution is 7.92. The number of piperazine rings is 1. The first-order chi connectivity index (χ1) is 13.3. The molecule has 2 heterocycles. The molecule has 0 unspecified atom stereocenters. The van der Waals surface area contributed by atoms with Crippen molar-refractivity contribution in [2.75, 3.05) is 45.8 Å². The van der Waals surface area contributed by atoms with Gasteiger partial charge in [0.2, 0.25) is 15.9 Å². The summed E-state index contributed by atoms with van der Waals surface area (Å²) in [6.07, 6.45) is 1.85. The molecule has 1 aromatic carbocycles. The Balaban J connectivity index is 1.50. The average Bonchev–Trinajstić information content (AvgIpc) is 2.66. The highest BCUT2D eigenvalue weighted by atomic mass is 32.2. The molecule has 154 valence electrons. The van der Waals surface area contributed by atoms with Crippen LogP contribution in [0.25, 0.3) is 6.08 Å². The van der Waals surface area contributed by atoms with Crippen molar-refractivity contribution in [1.82, 2.24) is 14.1 Å². The van der Waals surface area contributed by atoms with Gasteiger partial charge in [0.25, 0.3) is 0 Å². The molecule has 0 bridgehead atoms. The molecule has 2 atom stereocenters. The minimum atomic E-state index is -3.48. The van der Waals surface area contributed by atoms with E-state index in [0.29, 0.717) is 32.7 Å². The number of rotatable bonds is 5. The summed E-state index contributed by atoms with van der Waals surface area (Å²) in [4.78, 5) is 16.5. The summed E-state index contributed by atoms with van der Waals surface area (Å²) in [7, 11) is -3.48. The number of benzene rings is 1. The number of nitrogens with zero attached hydrogens (tertiary/aromatic N) is 3. The van der Waals surface area contributed by atoms with E-state index in [1.54, 1.807) is 11.0 Å². The molecule has 0 aliphatic carbocycles. The van der Waals surface area contributed by atoms with Crippen molar-refractivity contribution in [2.24, 2.45) is 0 Å². The van der Waals surface area contributed by atoms with Crippen molar-refractivity contribution in [3.63, 3.8) is 0 Å². The molecular weight excluding hydrogens is 378 g/mol. The maximum atomic E-state index is 12.6. The second-order valence-electron chi connectivity index (χ2n) is 7.49. The monoisotopic (exact) mass is 407 g/mol. The van der Waals surface area contributed by atoms with Crippen molar-refractivity contribution in [2.45, 2.75) is 26.1 Å². The number of morpholine rings is 1. The second kappa shape index (κ2) is 9.17. The van der Waals surface area contributed by atoms with E-state index >= 15 is 0 Å². The number of carbonyl (C=O) groups excluding carboxylic acids is 1. The zero-order valence-electron chi connectivity index (χ0n) is 16.5. The van der Waals surface area contributed by atoms with Crippen LogP contribution >= 0.6 is 0 Å². The van der Waals surface area contributed by atoms with Crippen LogP contribution in [0.3, 0.4) is 0 Å². The topological polar surface area (TPSA) is 70.2 Å². The molecule has 0 radical (unpaired) electrons. The summed E-state index contributed by atoms with van der Waals surface area (Å²) in [5, 5.41) is 1.25. The van der Waals surface area contributed by atoms with Crippen LogP contribution in [0.1, 0.15) is 19.4 Å². The molecule has 3 rings (SSSR count). The summed E-state index contributed by atoms with van der Waals surface area (Å²) in [5.74, 6) is 0.0539. The Bertz CT molecular complexity index is 779. The molecule has 2 aliphatic rings. The lowest BCUT2D eigenvalue weighted by molar-refractivity contribution is -0.137. The molecule has 0 spiro atoms. The largest absolute Gasteiger partial charge is 0.373 e. The van der Waals surface area contributed by atoms with E-state index in [0.717, 1.165) is 18.7 Å². The normalized spacial score (nSPS) is 25.3. The summed E-state index contributed by atoms with van der Waals surface area (Å²) in [5.41, 5.74) is 0.842. The standard InChI is InChI=1S/C20H29N3O4S/c1-17-14-21(15-18(2)27-17)16-20(24)22-9-11-23(12-10-22)28(25,26)13-8-19-6-4-3-5-7-19/h3-8,13,17-18H,9-12,14-16H2,1-2H3/b13-8+/t17-,18+. The van der Waals surface area contributed by atoms with Crippen LogP contribution in [0.4, 0.5) is 0 Å². The first-order valence-electron chi connectivity index (χ1n) is 9.72. The Morgan fingerprint density at radius 1 is 1.07 bits per heavy atom. The molecule has 0 saturated carbocycles. The minimum absolute atomic E-state index is 0.0539. The number of sulfonamides is 1. The lowest BCUT2D eigenvalue weighted by Crippen LogP contribution is -2.54. The summed E-state index contributed by atoms with van der Waals surface area (Å²) in [6.45, 7) is 7.37. The second-order valence-corrected chi connectivity index (χ2v) is 9.31. The summed E-state index contributed by atoms with van der Waals surface area (Å²) < 4.78 is 32.2. The van der Waals surface area contributed by atoms with Gasteiger partial charge in [-0.1, -0.05) is 30.3 Å². The van der Waals surface area contributed by atoms with Crippen molar-refractivity contribution in [3.05, 3.63) is 41.3 Å². The lowest BCUT2D eigenvalue weighted by Gasteiger charge is -2.38. The first-order valence-corrected chi connectivity index (χ1v) is 11.2. The molecule has 1 aromatic rings. The van der Waals surface area contributed by atoms with Gasteiger partial charge in [0, 0.05) is 44.7 Å². The van der Waals surface area contributed by atoms with Crippen LogP contribution in [-0.2, 0) is 19.6 Å². The molecule has 2 aliphatic heterocycles. The van der Waals surface area contributed by atoms with E-state index in [2.05, 4.69) is 4.90 Å². The van der Waals surface area contributed by atoms with Gasteiger partial charge in [-0.2, -0.15) is 4.31 Å². The average molecular weight is 408 g/mol. The third-order valence-electron chi connectivity index (χ3n) is 5.04. The van der Waals surface area contributed by atoms with Gasteiger partial charge < -0.3 is 9.64 Å². The van der Waals surface area contributed by atoms with E-state index in [1.165, 1.54) is 9.71 Å². The van der Waals surface area contributed by atoms with Crippen LogP contribution in [0.15, 0.2) is 35.7 Å². The fourth-order valence-corrected chi connectivity index (χ4v) is 4.89. The molecule has 7 nitrogen and oxygen atoms in total. The SMILES string of the molecule is C[C@@H]1CN(CC(=O)N2CCN(S(=O)(=O)/C=C/c3ccccc3)CC2)C[C@H](C)O1. The Hall–Kier alpha value is -1.74. The predicted octanol–water partition coefficient (Wildman–Crippen LogP) is 1.24. The highest BCUT2D eigenvalue weighted by Gasteiger charge is 2.29. The van der Waals surface area contributed by atoms with Crippen molar-refractivity contribution in [1.29, 1.82) is 0 Å². The smallest absolute Gasteiger partial charge is 0.236 e. The van der Waals surface area contributed by atoms with E-state index in [9.17, 15) is 13.2 Å². The van der Waals surface area contributed by atoms with E-state index in [-0.39, 0.29) is 18.1 Å². The van der Waals surface area contributed by atoms with Gasteiger partial charge >= 0.3 is 0 Å². The van der Waals surface area contributed by atoms with Gasteiger partial charge in [0.1, 0.15) is 0 Å². The number of carbonyl (C=O) groups is 1. The molecule has 2 saturated heterocycles. The van der Waals surface area contributed by atoms with Crippen LogP contribution in [0.5, 0.6) is 0 Å². The Labute approximate surface area is 167 Å².